The molecule has 0 radical (unpaired) electrons. The average molecular weight is 426 g/mol. The first-order chi connectivity index (χ1) is 15.5. The fraction of sp³-hybridized carbons (Fsp3) is 0.115. The molecule has 3 aromatic carbocycles. The highest BCUT2D eigenvalue weighted by molar-refractivity contribution is 6.06. The van der Waals surface area contributed by atoms with E-state index in [9.17, 15) is 14.4 Å². The second kappa shape index (κ2) is 8.89. The van der Waals surface area contributed by atoms with Gasteiger partial charge in [0.25, 0.3) is 5.91 Å². The molecular weight excluding hydrogens is 404 g/mol. The largest absolute Gasteiger partial charge is 0.455 e. The first-order valence-electron chi connectivity index (χ1n) is 10.2. The number of carbonyl (C=O) groups excluding carboxylic acids is 2. The molecule has 0 aliphatic heterocycles. The Bertz CT molecular complexity index is 1350. The lowest BCUT2D eigenvalue weighted by atomic mass is 10.0. The normalized spacial score (nSPS) is 10.7. The van der Waals surface area contributed by atoms with Crippen LogP contribution in [0.25, 0.3) is 22.3 Å². The molecule has 2 amide bonds. The zero-order chi connectivity index (χ0) is 22.7. The summed E-state index contributed by atoms with van der Waals surface area (Å²) in [5.41, 5.74) is 2.13. The van der Waals surface area contributed by atoms with Crippen molar-refractivity contribution < 1.29 is 14.0 Å². The van der Waals surface area contributed by atoms with Crippen LogP contribution in [-0.2, 0) is 4.79 Å². The fourth-order valence-electron chi connectivity index (χ4n) is 3.56. The van der Waals surface area contributed by atoms with E-state index in [0.29, 0.717) is 22.4 Å². The van der Waals surface area contributed by atoms with Crippen molar-refractivity contribution in [2.45, 2.75) is 6.92 Å². The number of amides is 2. The Morgan fingerprint density at radius 2 is 1.56 bits per heavy atom. The summed E-state index contributed by atoms with van der Waals surface area (Å²) in [4.78, 5) is 39.9. The van der Waals surface area contributed by atoms with Crippen molar-refractivity contribution >= 4 is 28.5 Å². The molecule has 6 nitrogen and oxygen atoms in total. The first-order valence-corrected chi connectivity index (χ1v) is 10.2. The summed E-state index contributed by atoms with van der Waals surface area (Å²) < 4.78 is 6.11. The summed E-state index contributed by atoms with van der Waals surface area (Å²) in [5.74, 6) is -0.313. The van der Waals surface area contributed by atoms with Crippen LogP contribution in [-0.4, -0.2) is 30.3 Å². The zero-order valence-corrected chi connectivity index (χ0v) is 17.8. The Hall–Kier alpha value is -4.19. The monoisotopic (exact) mass is 426 g/mol. The minimum absolute atomic E-state index is 0.147. The molecule has 0 saturated heterocycles. The van der Waals surface area contributed by atoms with Crippen LogP contribution in [0.1, 0.15) is 15.9 Å². The van der Waals surface area contributed by atoms with E-state index < -0.39 is 5.91 Å². The van der Waals surface area contributed by atoms with Gasteiger partial charge in [0.1, 0.15) is 5.76 Å². The van der Waals surface area contributed by atoms with E-state index in [0.717, 1.165) is 5.56 Å². The van der Waals surface area contributed by atoms with Gasteiger partial charge in [-0.1, -0.05) is 54.6 Å². The third-order valence-corrected chi connectivity index (χ3v) is 5.20. The van der Waals surface area contributed by atoms with Crippen molar-refractivity contribution in [3.05, 3.63) is 100 Å². The van der Waals surface area contributed by atoms with Crippen LogP contribution in [0.15, 0.2) is 88.1 Å². The number of para-hydroxylation sites is 2. The summed E-state index contributed by atoms with van der Waals surface area (Å²) in [6.07, 6.45) is 0. The second-order valence-electron chi connectivity index (χ2n) is 7.51. The van der Waals surface area contributed by atoms with Crippen molar-refractivity contribution in [3.8, 4) is 11.3 Å². The third kappa shape index (κ3) is 4.16. The molecule has 0 aliphatic carbocycles. The number of benzene rings is 3. The van der Waals surface area contributed by atoms with Crippen LogP contribution >= 0.6 is 0 Å². The lowest BCUT2D eigenvalue weighted by molar-refractivity contribution is -0.116. The van der Waals surface area contributed by atoms with E-state index in [-0.39, 0.29) is 29.0 Å². The van der Waals surface area contributed by atoms with Gasteiger partial charge in [0.2, 0.25) is 5.91 Å². The number of carbonyl (C=O) groups is 2. The van der Waals surface area contributed by atoms with E-state index in [1.54, 1.807) is 37.3 Å². The van der Waals surface area contributed by atoms with E-state index in [4.69, 9.17) is 4.42 Å². The maximum absolute atomic E-state index is 13.2. The van der Waals surface area contributed by atoms with Crippen LogP contribution in [0, 0.1) is 6.92 Å². The van der Waals surface area contributed by atoms with Crippen LogP contribution in [0.2, 0.25) is 0 Å². The summed E-state index contributed by atoms with van der Waals surface area (Å²) in [6.45, 7) is 1.56. The number of nitrogens with zero attached hydrogens (tertiary/aromatic N) is 1. The van der Waals surface area contributed by atoms with Gasteiger partial charge in [-0.2, -0.15) is 0 Å². The van der Waals surface area contributed by atoms with Crippen molar-refractivity contribution in [2.75, 3.05) is 18.9 Å². The molecule has 0 aliphatic rings. The lowest BCUT2D eigenvalue weighted by Gasteiger charge is -2.18. The van der Waals surface area contributed by atoms with E-state index in [1.807, 2.05) is 48.5 Å². The fourth-order valence-corrected chi connectivity index (χ4v) is 3.56. The first kappa shape index (κ1) is 21.1. The molecule has 4 aromatic rings. The van der Waals surface area contributed by atoms with Gasteiger partial charge in [-0.15, -0.1) is 0 Å². The number of fused-ring (bicyclic) bond motifs is 1. The highest BCUT2D eigenvalue weighted by atomic mass is 16.3. The van der Waals surface area contributed by atoms with E-state index in [2.05, 4.69) is 5.32 Å². The van der Waals surface area contributed by atoms with Gasteiger partial charge in [-0.3, -0.25) is 14.4 Å². The van der Waals surface area contributed by atoms with Crippen molar-refractivity contribution in [2.24, 2.45) is 0 Å². The van der Waals surface area contributed by atoms with E-state index in [1.165, 1.54) is 11.9 Å². The van der Waals surface area contributed by atoms with E-state index >= 15 is 0 Å². The molecule has 0 bridgehead atoms. The summed E-state index contributed by atoms with van der Waals surface area (Å²) in [7, 11) is 1.54. The Labute approximate surface area is 185 Å². The molecule has 1 N–H and O–H groups in total. The Balaban J connectivity index is 1.67. The van der Waals surface area contributed by atoms with Gasteiger partial charge in [0.05, 0.1) is 17.5 Å². The predicted molar refractivity (Wildman–Crippen MR) is 125 cm³/mol. The number of rotatable bonds is 5. The molecule has 160 valence electrons. The smallest absolute Gasteiger partial charge is 0.257 e. The van der Waals surface area contributed by atoms with Crippen LogP contribution in [0.5, 0.6) is 0 Å². The molecule has 1 aromatic heterocycles. The van der Waals surface area contributed by atoms with Gasteiger partial charge >= 0.3 is 0 Å². The highest BCUT2D eigenvalue weighted by Gasteiger charge is 2.21. The Kier molecular flexibility index (Phi) is 5.85. The second-order valence-corrected chi connectivity index (χ2v) is 7.51. The van der Waals surface area contributed by atoms with Gasteiger partial charge in [0, 0.05) is 23.9 Å². The average Bonchev–Trinajstić information content (AvgIpc) is 2.81. The predicted octanol–water partition coefficient (Wildman–Crippen LogP) is 4.48. The minimum Gasteiger partial charge on any atom is -0.455 e. The number of anilines is 1. The Morgan fingerprint density at radius 1 is 0.906 bits per heavy atom. The maximum atomic E-state index is 13.2. The molecule has 0 atom stereocenters. The molecule has 1 heterocycles. The summed E-state index contributed by atoms with van der Waals surface area (Å²) in [5, 5.41) is 3.09. The molecule has 0 saturated carbocycles. The molecule has 0 fully saturated rings. The van der Waals surface area contributed by atoms with Crippen LogP contribution in [0.4, 0.5) is 5.69 Å². The lowest BCUT2D eigenvalue weighted by Crippen LogP contribution is -2.35. The summed E-state index contributed by atoms with van der Waals surface area (Å²) >= 11 is 0. The van der Waals surface area contributed by atoms with Gasteiger partial charge in [0.15, 0.2) is 11.0 Å². The quantitative estimate of drug-likeness (QED) is 0.510. The van der Waals surface area contributed by atoms with Gasteiger partial charge < -0.3 is 14.6 Å². The highest BCUT2D eigenvalue weighted by Crippen LogP contribution is 2.27. The molecule has 0 spiro atoms. The molecule has 32 heavy (non-hydrogen) atoms. The topological polar surface area (TPSA) is 79.6 Å². The number of hydrogen-bond donors (Lipinski definition) is 1. The number of nitrogens with one attached hydrogen (secondary N) is 1. The third-order valence-electron chi connectivity index (χ3n) is 5.20. The number of likely N-dealkylation sites (N-methyl/N-ethyl adjacent to an activating group) is 1. The standard InChI is InChI=1S/C26H22N2O4/c1-17-23(30)20-14-9-15-21(25(20)32-24(17)18-10-5-3-6-11-18)26(31)28(2)16-22(29)27-19-12-7-4-8-13-19/h3-15H,16H2,1-2H3,(H,27,29). The molecule has 4 rings (SSSR count). The van der Waals surface area contributed by atoms with Crippen LogP contribution in [0.3, 0.4) is 0 Å². The van der Waals surface area contributed by atoms with Gasteiger partial charge in [-0.05, 0) is 31.2 Å². The van der Waals surface area contributed by atoms with Crippen molar-refractivity contribution in [1.29, 1.82) is 0 Å². The van der Waals surface area contributed by atoms with Gasteiger partial charge in [-0.25, -0.2) is 0 Å². The minimum atomic E-state index is -0.412. The number of hydrogen-bond acceptors (Lipinski definition) is 4. The molecular formula is C26H22N2O4. The molecule has 6 heteroatoms. The molecule has 0 unspecified atom stereocenters. The SMILES string of the molecule is Cc1c(-c2ccccc2)oc2c(C(=O)N(C)CC(=O)Nc3ccccc3)cccc2c1=O. The van der Waals surface area contributed by atoms with Crippen LogP contribution < -0.4 is 10.7 Å². The van der Waals surface area contributed by atoms with Crippen molar-refractivity contribution in [3.63, 3.8) is 0 Å². The maximum Gasteiger partial charge on any atom is 0.257 e. The zero-order valence-electron chi connectivity index (χ0n) is 17.8. The summed E-state index contributed by atoms with van der Waals surface area (Å²) in [6, 6.07) is 23.2. The van der Waals surface area contributed by atoms with Crippen molar-refractivity contribution in [1.82, 2.24) is 4.90 Å². The Morgan fingerprint density at radius 3 is 2.25 bits per heavy atom.